The van der Waals surface area contributed by atoms with E-state index in [9.17, 15) is 8.42 Å². The van der Waals surface area contributed by atoms with E-state index in [-0.39, 0.29) is 6.04 Å². The number of aromatic nitrogens is 1. The average molecular weight is 317 g/mol. The molecule has 1 aromatic rings. The molecule has 0 spiro atoms. The number of hydrogen-bond acceptors (Lipinski definition) is 4. The molecule has 2 rings (SSSR count). The first-order valence-electron chi connectivity index (χ1n) is 7.11. The van der Waals surface area contributed by atoms with Crippen molar-refractivity contribution in [3.8, 4) is 0 Å². The fourth-order valence-corrected chi connectivity index (χ4v) is 5.04. The standard InChI is InChI=1S/C13H23N3O2S2/c1-10-13(19-12(3)14-10)11(2)15-20(17,18)16-8-6-4-5-7-9-16/h11,15H,4-9H2,1-3H3/t11-/m0/s1. The Balaban J connectivity index is 2.09. The second-order valence-corrected chi connectivity index (χ2v) is 8.28. The van der Waals surface area contributed by atoms with Crippen molar-refractivity contribution in [3.05, 3.63) is 15.6 Å². The van der Waals surface area contributed by atoms with Crippen LogP contribution in [0.15, 0.2) is 0 Å². The molecule has 0 amide bonds. The number of rotatable bonds is 4. The third-order valence-corrected chi connectivity index (χ3v) is 6.52. The molecule has 1 aliphatic rings. The van der Waals surface area contributed by atoms with Gasteiger partial charge in [0, 0.05) is 18.0 Å². The van der Waals surface area contributed by atoms with E-state index in [4.69, 9.17) is 0 Å². The van der Waals surface area contributed by atoms with Crippen LogP contribution >= 0.6 is 11.3 Å². The van der Waals surface area contributed by atoms with E-state index in [1.807, 2.05) is 20.8 Å². The van der Waals surface area contributed by atoms with Crippen LogP contribution in [0.2, 0.25) is 0 Å². The van der Waals surface area contributed by atoms with Crippen LogP contribution in [0.5, 0.6) is 0 Å². The Hall–Kier alpha value is -0.500. The molecule has 1 fully saturated rings. The summed E-state index contributed by atoms with van der Waals surface area (Å²) in [5.74, 6) is 0. The Labute approximate surface area is 125 Å². The number of nitrogens with zero attached hydrogens (tertiary/aromatic N) is 2. The minimum absolute atomic E-state index is 0.227. The largest absolute Gasteiger partial charge is 0.280 e. The highest BCUT2D eigenvalue weighted by molar-refractivity contribution is 7.87. The number of hydrogen-bond donors (Lipinski definition) is 1. The molecule has 0 aromatic carbocycles. The fourth-order valence-electron chi connectivity index (χ4n) is 2.58. The summed E-state index contributed by atoms with van der Waals surface area (Å²) in [6.07, 6.45) is 4.14. The minimum Gasteiger partial charge on any atom is -0.247 e. The summed E-state index contributed by atoms with van der Waals surface area (Å²) >= 11 is 1.56. The molecule has 20 heavy (non-hydrogen) atoms. The highest BCUT2D eigenvalue weighted by Gasteiger charge is 2.26. The van der Waals surface area contributed by atoms with Gasteiger partial charge in [-0.15, -0.1) is 11.3 Å². The van der Waals surface area contributed by atoms with Gasteiger partial charge in [0.25, 0.3) is 10.2 Å². The Morgan fingerprint density at radius 1 is 1.20 bits per heavy atom. The molecule has 0 unspecified atom stereocenters. The van der Waals surface area contributed by atoms with Crippen LogP contribution in [0.1, 0.15) is 54.2 Å². The summed E-state index contributed by atoms with van der Waals surface area (Å²) in [5.41, 5.74) is 0.915. The lowest BCUT2D eigenvalue weighted by molar-refractivity contribution is 0.410. The third kappa shape index (κ3) is 3.78. The maximum Gasteiger partial charge on any atom is 0.280 e. The van der Waals surface area contributed by atoms with Gasteiger partial charge in [0.1, 0.15) is 0 Å². The Kier molecular flexibility index (Phi) is 5.17. The van der Waals surface area contributed by atoms with E-state index in [0.29, 0.717) is 13.1 Å². The minimum atomic E-state index is -3.40. The number of aryl methyl sites for hydroxylation is 2. The van der Waals surface area contributed by atoms with E-state index in [1.54, 1.807) is 15.6 Å². The molecule has 1 atom stereocenters. The Bertz CT molecular complexity index is 546. The van der Waals surface area contributed by atoms with E-state index in [0.717, 1.165) is 41.3 Å². The predicted molar refractivity (Wildman–Crippen MR) is 82.1 cm³/mol. The van der Waals surface area contributed by atoms with Gasteiger partial charge in [-0.2, -0.15) is 17.4 Å². The van der Waals surface area contributed by atoms with Gasteiger partial charge in [-0.25, -0.2) is 4.98 Å². The first-order chi connectivity index (χ1) is 9.40. The van der Waals surface area contributed by atoms with Crippen LogP contribution < -0.4 is 4.72 Å². The summed E-state index contributed by atoms with van der Waals surface area (Å²) < 4.78 is 29.3. The molecule has 0 saturated carbocycles. The molecule has 7 heteroatoms. The quantitative estimate of drug-likeness (QED) is 0.928. The van der Waals surface area contributed by atoms with Crippen LogP contribution in [0.4, 0.5) is 0 Å². The maximum absolute atomic E-state index is 12.4. The van der Waals surface area contributed by atoms with Gasteiger partial charge in [0.15, 0.2) is 0 Å². The van der Waals surface area contributed by atoms with Gasteiger partial charge in [-0.05, 0) is 33.6 Å². The van der Waals surface area contributed by atoms with E-state index < -0.39 is 10.2 Å². The molecule has 1 saturated heterocycles. The monoisotopic (exact) mass is 317 g/mol. The van der Waals surface area contributed by atoms with Gasteiger partial charge in [0.2, 0.25) is 0 Å². The molecular weight excluding hydrogens is 294 g/mol. The molecule has 1 aliphatic heterocycles. The molecule has 0 bridgehead atoms. The summed E-state index contributed by atoms with van der Waals surface area (Å²) in [7, 11) is -3.40. The van der Waals surface area contributed by atoms with Crippen LogP contribution in [-0.2, 0) is 10.2 Å². The summed E-state index contributed by atoms with van der Waals surface area (Å²) in [5, 5.41) is 0.971. The smallest absolute Gasteiger partial charge is 0.247 e. The van der Waals surface area contributed by atoms with Gasteiger partial charge in [-0.3, -0.25) is 0 Å². The second-order valence-electron chi connectivity index (χ2n) is 5.34. The topological polar surface area (TPSA) is 62.3 Å². The lowest BCUT2D eigenvalue weighted by Gasteiger charge is -2.22. The lowest BCUT2D eigenvalue weighted by atomic mass is 10.2. The molecule has 2 heterocycles. The van der Waals surface area contributed by atoms with Crippen LogP contribution in [-0.4, -0.2) is 30.8 Å². The third-order valence-electron chi connectivity index (χ3n) is 3.56. The van der Waals surface area contributed by atoms with Crippen molar-refractivity contribution in [1.29, 1.82) is 0 Å². The molecular formula is C13H23N3O2S2. The van der Waals surface area contributed by atoms with Crippen LogP contribution in [0.25, 0.3) is 0 Å². The van der Waals surface area contributed by atoms with Gasteiger partial charge >= 0.3 is 0 Å². The van der Waals surface area contributed by atoms with E-state index in [2.05, 4.69) is 9.71 Å². The zero-order chi connectivity index (χ0) is 14.8. The summed E-state index contributed by atoms with van der Waals surface area (Å²) in [6.45, 7) is 7.01. The highest BCUT2D eigenvalue weighted by atomic mass is 32.2. The normalized spacial score (nSPS) is 19.8. The molecule has 1 aromatic heterocycles. The number of thiazole rings is 1. The summed E-state index contributed by atoms with van der Waals surface area (Å²) in [4.78, 5) is 5.36. The van der Waals surface area contributed by atoms with Crippen molar-refractivity contribution in [2.24, 2.45) is 0 Å². The van der Waals surface area contributed by atoms with Crippen molar-refractivity contribution >= 4 is 21.5 Å². The average Bonchev–Trinajstić information content (AvgIpc) is 2.57. The van der Waals surface area contributed by atoms with Crippen molar-refractivity contribution < 1.29 is 8.42 Å². The van der Waals surface area contributed by atoms with Crippen LogP contribution in [0, 0.1) is 13.8 Å². The lowest BCUT2D eigenvalue weighted by Crippen LogP contribution is -2.42. The van der Waals surface area contributed by atoms with Crippen molar-refractivity contribution in [3.63, 3.8) is 0 Å². The zero-order valence-corrected chi connectivity index (χ0v) is 14.0. The zero-order valence-electron chi connectivity index (χ0n) is 12.3. The first-order valence-corrected chi connectivity index (χ1v) is 9.37. The van der Waals surface area contributed by atoms with Crippen LogP contribution in [0.3, 0.4) is 0 Å². The summed E-state index contributed by atoms with van der Waals surface area (Å²) in [6, 6.07) is -0.227. The maximum atomic E-state index is 12.4. The van der Waals surface area contributed by atoms with Gasteiger partial charge < -0.3 is 0 Å². The van der Waals surface area contributed by atoms with Gasteiger partial charge in [0.05, 0.1) is 16.7 Å². The van der Waals surface area contributed by atoms with E-state index >= 15 is 0 Å². The van der Waals surface area contributed by atoms with Gasteiger partial charge in [-0.1, -0.05) is 12.8 Å². The molecule has 0 aliphatic carbocycles. The van der Waals surface area contributed by atoms with Crippen molar-refractivity contribution in [2.45, 2.75) is 52.5 Å². The molecule has 0 radical (unpaired) electrons. The molecule has 1 N–H and O–H groups in total. The SMILES string of the molecule is Cc1nc(C)c([C@H](C)NS(=O)(=O)N2CCCCCC2)s1. The van der Waals surface area contributed by atoms with Crippen molar-refractivity contribution in [1.82, 2.24) is 14.0 Å². The Morgan fingerprint density at radius 2 is 1.80 bits per heavy atom. The Morgan fingerprint density at radius 3 is 2.30 bits per heavy atom. The fraction of sp³-hybridized carbons (Fsp3) is 0.769. The molecule has 5 nitrogen and oxygen atoms in total. The van der Waals surface area contributed by atoms with Crippen molar-refractivity contribution in [2.75, 3.05) is 13.1 Å². The second kappa shape index (κ2) is 6.51. The first kappa shape index (κ1) is 15.9. The number of nitrogens with one attached hydrogen (secondary N) is 1. The highest BCUT2D eigenvalue weighted by Crippen LogP contribution is 2.25. The predicted octanol–water partition coefficient (Wildman–Crippen LogP) is 2.53. The van der Waals surface area contributed by atoms with E-state index in [1.165, 1.54) is 0 Å². The molecule has 114 valence electrons.